The number of piperidine rings is 1. The van der Waals surface area contributed by atoms with Gasteiger partial charge in [0, 0.05) is 24.7 Å². The molecule has 0 bridgehead atoms. The zero-order valence-corrected chi connectivity index (χ0v) is 12.5. The third-order valence-corrected chi connectivity index (χ3v) is 4.22. The predicted octanol–water partition coefficient (Wildman–Crippen LogP) is 2.77. The SMILES string of the molecule is COC1CCN(C(=O)Cc2ccc(F)cc2Br)CC1. The highest BCUT2D eigenvalue weighted by atomic mass is 79.9. The molecule has 1 heterocycles. The van der Waals surface area contributed by atoms with Crippen LogP contribution in [0.15, 0.2) is 22.7 Å². The van der Waals surface area contributed by atoms with Crippen LogP contribution in [0.25, 0.3) is 0 Å². The first kappa shape index (κ1) is 14.5. The Bertz CT molecular complexity index is 459. The number of carbonyl (C=O) groups excluding carboxylic acids is 1. The zero-order chi connectivity index (χ0) is 13.8. The molecule has 0 saturated carbocycles. The molecule has 1 fully saturated rings. The summed E-state index contributed by atoms with van der Waals surface area (Å²) in [4.78, 5) is 14.0. The summed E-state index contributed by atoms with van der Waals surface area (Å²) in [5.74, 6) is -0.217. The number of likely N-dealkylation sites (tertiary alicyclic amines) is 1. The first-order valence-electron chi connectivity index (χ1n) is 6.34. The third kappa shape index (κ3) is 3.76. The van der Waals surface area contributed by atoms with Gasteiger partial charge in [0.1, 0.15) is 5.82 Å². The number of halogens is 2. The van der Waals surface area contributed by atoms with E-state index in [2.05, 4.69) is 15.9 Å². The molecule has 0 atom stereocenters. The maximum absolute atomic E-state index is 13.0. The summed E-state index contributed by atoms with van der Waals surface area (Å²) in [6, 6.07) is 4.42. The summed E-state index contributed by atoms with van der Waals surface area (Å²) < 4.78 is 18.9. The lowest BCUT2D eigenvalue weighted by Gasteiger charge is -2.31. The molecule has 104 valence electrons. The molecule has 1 aliphatic heterocycles. The van der Waals surface area contributed by atoms with E-state index >= 15 is 0 Å². The number of hydrogen-bond donors (Lipinski definition) is 0. The molecule has 1 aromatic rings. The van der Waals surface area contributed by atoms with E-state index in [0.717, 1.165) is 31.5 Å². The Labute approximate surface area is 120 Å². The molecule has 0 spiro atoms. The Balaban J connectivity index is 1.94. The van der Waals surface area contributed by atoms with E-state index in [1.807, 2.05) is 4.90 Å². The van der Waals surface area contributed by atoms with Gasteiger partial charge in [-0.15, -0.1) is 0 Å². The van der Waals surface area contributed by atoms with Crippen molar-refractivity contribution >= 4 is 21.8 Å². The van der Waals surface area contributed by atoms with Crippen LogP contribution in [0, 0.1) is 5.82 Å². The summed E-state index contributed by atoms with van der Waals surface area (Å²) in [5.41, 5.74) is 0.820. The number of rotatable bonds is 3. The van der Waals surface area contributed by atoms with Crippen LogP contribution in [-0.2, 0) is 16.0 Å². The van der Waals surface area contributed by atoms with Gasteiger partial charge in [0.2, 0.25) is 5.91 Å². The zero-order valence-electron chi connectivity index (χ0n) is 10.9. The predicted molar refractivity (Wildman–Crippen MR) is 74.4 cm³/mol. The fourth-order valence-corrected chi connectivity index (χ4v) is 2.77. The van der Waals surface area contributed by atoms with Crippen LogP contribution < -0.4 is 0 Å². The normalized spacial score (nSPS) is 16.7. The second-order valence-corrected chi connectivity index (χ2v) is 5.58. The lowest BCUT2D eigenvalue weighted by Crippen LogP contribution is -2.41. The van der Waals surface area contributed by atoms with Gasteiger partial charge in [-0.05, 0) is 30.5 Å². The third-order valence-electron chi connectivity index (χ3n) is 3.48. The van der Waals surface area contributed by atoms with Crippen molar-refractivity contribution in [1.29, 1.82) is 0 Å². The van der Waals surface area contributed by atoms with Crippen LogP contribution >= 0.6 is 15.9 Å². The second kappa shape index (κ2) is 6.48. The number of amides is 1. The van der Waals surface area contributed by atoms with Crippen molar-refractivity contribution in [3.63, 3.8) is 0 Å². The second-order valence-electron chi connectivity index (χ2n) is 4.73. The van der Waals surface area contributed by atoms with Crippen LogP contribution in [0.5, 0.6) is 0 Å². The van der Waals surface area contributed by atoms with E-state index in [4.69, 9.17) is 4.74 Å². The van der Waals surface area contributed by atoms with E-state index < -0.39 is 0 Å². The molecule has 1 aromatic carbocycles. The molecule has 0 aromatic heterocycles. The molecule has 3 nitrogen and oxygen atoms in total. The first-order chi connectivity index (χ1) is 9.10. The van der Waals surface area contributed by atoms with Crippen LogP contribution in [-0.4, -0.2) is 37.1 Å². The van der Waals surface area contributed by atoms with E-state index in [9.17, 15) is 9.18 Å². The number of hydrogen-bond acceptors (Lipinski definition) is 2. The highest BCUT2D eigenvalue weighted by Gasteiger charge is 2.22. The first-order valence-corrected chi connectivity index (χ1v) is 7.14. The molecule has 2 rings (SSSR count). The lowest BCUT2D eigenvalue weighted by molar-refractivity contribution is -0.132. The molecule has 0 unspecified atom stereocenters. The standard InChI is InChI=1S/C14H17BrFNO2/c1-19-12-4-6-17(7-5-12)14(18)8-10-2-3-11(16)9-13(10)15/h2-3,9,12H,4-8H2,1H3. The number of methoxy groups -OCH3 is 1. The summed E-state index contributed by atoms with van der Waals surface area (Å²) in [6.07, 6.45) is 2.33. The average molecular weight is 330 g/mol. The van der Waals surface area contributed by atoms with Gasteiger partial charge >= 0.3 is 0 Å². The number of benzene rings is 1. The van der Waals surface area contributed by atoms with E-state index in [0.29, 0.717) is 10.9 Å². The molecule has 0 N–H and O–H groups in total. The Hall–Kier alpha value is -0.940. The van der Waals surface area contributed by atoms with Gasteiger partial charge in [-0.1, -0.05) is 22.0 Å². The van der Waals surface area contributed by atoms with Crippen LogP contribution in [0.4, 0.5) is 4.39 Å². The fraction of sp³-hybridized carbons (Fsp3) is 0.500. The van der Waals surface area contributed by atoms with Crippen molar-refractivity contribution < 1.29 is 13.9 Å². The molecule has 5 heteroatoms. The highest BCUT2D eigenvalue weighted by Crippen LogP contribution is 2.20. The van der Waals surface area contributed by atoms with Crippen LogP contribution in [0.2, 0.25) is 0 Å². The van der Waals surface area contributed by atoms with Crippen LogP contribution in [0.1, 0.15) is 18.4 Å². The molecule has 0 aliphatic carbocycles. The largest absolute Gasteiger partial charge is 0.381 e. The van der Waals surface area contributed by atoms with Crippen molar-refractivity contribution in [3.8, 4) is 0 Å². The Morgan fingerprint density at radius 1 is 1.47 bits per heavy atom. The number of ether oxygens (including phenoxy) is 1. The van der Waals surface area contributed by atoms with Crippen LogP contribution in [0.3, 0.4) is 0 Å². The Morgan fingerprint density at radius 2 is 2.16 bits per heavy atom. The molecule has 1 amide bonds. The van der Waals surface area contributed by atoms with E-state index in [-0.39, 0.29) is 17.8 Å². The lowest BCUT2D eigenvalue weighted by atomic mass is 10.1. The summed E-state index contributed by atoms with van der Waals surface area (Å²) >= 11 is 3.29. The van der Waals surface area contributed by atoms with Crippen molar-refractivity contribution in [2.45, 2.75) is 25.4 Å². The molecule has 1 saturated heterocycles. The van der Waals surface area contributed by atoms with E-state index in [1.54, 1.807) is 13.2 Å². The van der Waals surface area contributed by atoms with Gasteiger partial charge in [0.25, 0.3) is 0 Å². The van der Waals surface area contributed by atoms with Gasteiger partial charge < -0.3 is 9.64 Å². The monoisotopic (exact) mass is 329 g/mol. The minimum atomic E-state index is -0.302. The maximum Gasteiger partial charge on any atom is 0.227 e. The Morgan fingerprint density at radius 3 is 2.74 bits per heavy atom. The number of carbonyl (C=O) groups is 1. The molecular formula is C14H17BrFNO2. The molecular weight excluding hydrogens is 313 g/mol. The Kier molecular flexibility index (Phi) is 4.93. The highest BCUT2D eigenvalue weighted by molar-refractivity contribution is 9.10. The molecule has 19 heavy (non-hydrogen) atoms. The number of nitrogens with zero attached hydrogens (tertiary/aromatic N) is 1. The topological polar surface area (TPSA) is 29.5 Å². The van der Waals surface area contributed by atoms with Crippen molar-refractivity contribution in [3.05, 3.63) is 34.1 Å². The maximum atomic E-state index is 13.0. The van der Waals surface area contributed by atoms with Crippen molar-refractivity contribution in [1.82, 2.24) is 4.90 Å². The minimum absolute atomic E-state index is 0.0851. The summed E-state index contributed by atoms with van der Waals surface area (Å²) in [7, 11) is 1.71. The van der Waals surface area contributed by atoms with Gasteiger partial charge in [-0.2, -0.15) is 0 Å². The smallest absolute Gasteiger partial charge is 0.227 e. The molecule has 1 aliphatic rings. The van der Waals surface area contributed by atoms with Gasteiger partial charge in [0.05, 0.1) is 12.5 Å². The summed E-state index contributed by atoms with van der Waals surface area (Å²) in [5, 5.41) is 0. The van der Waals surface area contributed by atoms with E-state index in [1.165, 1.54) is 12.1 Å². The molecule has 0 radical (unpaired) electrons. The van der Waals surface area contributed by atoms with Gasteiger partial charge in [-0.3, -0.25) is 4.79 Å². The van der Waals surface area contributed by atoms with Gasteiger partial charge in [0.15, 0.2) is 0 Å². The summed E-state index contributed by atoms with van der Waals surface area (Å²) in [6.45, 7) is 1.46. The van der Waals surface area contributed by atoms with Gasteiger partial charge in [-0.25, -0.2) is 4.39 Å². The fourth-order valence-electron chi connectivity index (χ4n) is 2.28. The quantitative estimate of drug-likeness (QED) is 0.853. The van der Waals surface area contributed by atoms with Crippen molar-refractivity contribution in [2.75, 3.05) is 20.2 Å². The minimum Gasteiger partial charge on any atom is -0.381 e. The van der Waals surface area contributed by atoms with Crippen molar-refractivity contribution in [2.24, 2.45) is 0 Å². The average Bonchev–Trinajstić information content (AvgIpc) is 2.42.